The summed E-state index contributed by atoms with van der Waals surface area (Å²) < 4.78 is 0. The zero-order valence-electron chi connectivity index (χ0n) is 11.9. The van der Waals surface area contributed by atoms with Crippen LogP contribution in [-0.4, -0.2) is 36.6 Å². The molecule has 0 aliphatic carbocycles. The number of hydrogen-bond acceptors (Lipinski definition) is 2. The topological polar surface area (TPSA) is 15.3 Å². The molecule has 0 aromatic heterocycles. The molecule has 0 bridgehead atoms. The molecule has 0 saturated carbocycles. The molecular weight excluding hydrogens is 220 g/mol. The van der Waals surface area contributed by atoms with Crippen LogP contribution >= 0.6 is 0 Å². The molecule has 2 rings (SSSR count). The molecule has 1 unspecified atom stereocenters. The van der Waals surface area contributed by atoms with Crippen molar-refractivity contribution >= 4 is 0 Å². The fourth-order valence-electron chi connectivity index (χ4n) is 2.81. The zero-order chi connectivity index (χ0) is 13.0. The van der Waals surface area contributed by atoms with Gasteiger partial charge in [-0.25, -0.2) is 0 Å². The minimum absolute atomic E-state index is 0.603. The van der Waals surface area contributed by atoms with Gasteiger partial charge in [0.05, 0.1) is 0 Å². The van der Waals surface area contributed by atoms with Crippen LogP contribution in [0.5, 0.6) is 0 Å². The van der Waals surface area contributed by atoms with E-state index in [1.165, 1.54) is 43.6 Å². The number of aryl methyl sites for hydroxylation is 1. The highest BCUT2D eigenvalue weighted by molar-refractivity contribution is 5.25. The number of nitrogens with zero attached hydrogens (tertiary/aromatic N) is 1. The minimum Gasteiger partial charge on any atom is -0.310 e. The minimum atomic E-state index is 0.603. The number of benzene rings is 1. The van der Waals surface area contributed by atoms with Gasteiger partial charge in [0, 0.05) is 25.2 Å². The second-order valence-electron chi connectivity index (χ2n) is 5.78. The predicted molar refractivity (Wildman–Crippen MR) is 78.0 cm³/mol. The van der Waals surface area contributed by atoms with Gasteiger partial charge in [0.1, 0.15) is 0 Å². The second kappa shape index (κ2) is 6.35. The predicted octanol–water partition coefficient (Wildman–Crippen LogP) is 2.61. The molecule has 1 atom stereocenters. The lowest BCUT2D eigenvalue weighted by atomic mass is 10.1. The fourth-order valence-corrected chi connectivity index (χ4v) is 2.81. The van der Waals surface area contributed by atoms with Gasteiger partial charge < -0.3 is 10.2 Å². The van der Waals surface area contributed by atoms with E-state index in [9.17, 15) is 0 Å². The molecule has 0 spiro atoms. The van der Waals surface area contributed by atoms with E-state index in [0.717, 1.165) is 0 Å². The fraction of sp³-hybridized carbons (Fsp3) is 0.625. The van der Waals surface area contributed by atoms with Gasteiger partial charge in [-0.1, -0.05) is 38.1 Å². The first kappa shape index (κ1) is 13.6. The Morgan fingerprint density at radius 1 is 1.33 bits per heavy atom. The summed E-state index contributed by atoms with van der Waals surface area (Å²) in [6.45, 7) is 10.3. The Kier molecular flexibility index (Phi) is 4.79. The Bertz CT molecular complexity index is 373. The molecule has 1 aliphatic heterocycles. The van der Waals surface area contributed by atoms with Crippen molar-refractivity contribution in [3.63, 3.8) is 0 Å². The highest BCUT2D eigenvalue weighted by Crippen LogP contribution is 2.13. The molecule has 1 heterocycles. The Balaban J connectivity index is 1.77. The van der Waals surface area contributed by atoms with Gasteiger partial charge in [0.15, 0.2) is 0 Å². The third-order valence-corrected chi connectivity index (χ3v) is 3.80. The molecule has 18 heavy (non-hydrogen) atoms. The van der Waals surface area contributed by atoms with Crippen molar-refractivity contribution in [2.75, 3.05) is 19.6 Å². The standard InChI is InChI=1S/C16H26N2/c1-13(2)17-16-9-11-18(12-16)10-8-15-7-5-4-6-14(15)3/h4-7,13,16-17H,8-12H2,1-3H3. The Morgan fingerprint density at radius 2 is 2.11 bits per heavy atom. The summed E-state index contributed by atoms with van der Waals surface area (Å²) in [6, 6.07) is 10.0. The van der Waals surface area contributed by atoms with Crippen LogP contribution in [0.4, 0.5) is 0 Å². The van der Waals surface area contributed by atoms with E-state index in [4.69, 9.17) is 0 Å². The average molecular weight is 246 g/mol. The molecule has 0 amide bonds. The number of nitrogens with one attached hydrogen (secondary N) is 1. The summed E-state index contributed by atoms with van der Waals surface area (Å²) >= 11 is 0. The number of hydrogen-bond donors (Lipinski definition) is 1. The molecule has 1 saturated heterocycles. The Hall–Kier alpha value is -0.860. The van der Waals surface area contributed by atoms with E-state index in [-0.39, 0.29) is 0 Å². The maximum atomic E-state index is 3.64. The maximum Gasteiger partial charge on any atom is 0.0209 e. The normalized spacial score (nSPS) is 20.8. The summed E-state index contributed by atoms with van der Waals surface area (Å²) in [7, 11) is 0. The van der Waals surface area contributed by atoms with Crippen molar-refractivity contribution in [1.82, 2.24) is 10.2 Å². The zero-order valence-corrected chi connectivity index (χ0v) is 11.9. The molecule has 0 radical (unpaired) electrons. The second-order valence-corrected chi connectivity index (χ2v) is 5.78. The molecule has 1 fully saturated rings. The van der Waals surface area contributed by atoms with Gasteiger partial charge in [-0.15, -0.1) is 0 Å². The Labute approximate surface area is 111 Å². The van der Waals surface area contributed by atoms with Crippen molar-refractivity contribution in [3.05, 3.63) is 35.4 Å². The quantitative estimate of drug-likeness (QED) is 0.859. The van der Waals surface area contributed by atoms with Crippen LogP contribution in [0.25, 0.3) is 0 Å². The van der Waals surface area contributed by atoms with Gasteiger partial charge in [-0.05, 0) is 37.4 Å². The summed E-state index contributed by atoms with van der Waals surface area (Å²) in [5.74, 6) is 0. The van der Waals surface area contributed by atoms with Crippen molar-refractivity contribution in [2.24, 2.45) is 0 Å². The highest BCUT2D eigenvalue weighted by Gasteiger charge is 2.22. The van der Waals surface area contributed by atoms with Gasteiger partial charge in [0.25, 0.3) is 0 Å². The summed E-state index contributed by atoms with van der Waals surface area (Å²) in [5.41, 5.74) is 2.92. The van der Waals surface area contributed by atoms with E-state index < -0.39 is 0 Å². The third-order valence-electron chi connectivity index (χ3n) is 3.80. The molecule has 2 heteroatoms. The van der Waals surface area contributed by atoms with Crippen LogP contribution in [0.15, 0.2) is 24.3 Å². The molecule has 1 N–H and O–H groups in total. The first-order valence-electron chi connectivity index (χ1n) is 7.18. The summed E-state index contributed by atoms with van der Waals surface area (Å²) in [5, 5.41) is 3.64. The van der Waals surface area contributed by atoms with Gasteiger partial charge >= 0.3 is 0 Å². The SMILES string of the molecule is Cc1ccccc1CCN1CCC(NC(C)C)C1. The molecular formula is C16H26N2. The molecule has 1 aliphatic rings. The smallest absolute Gasteiger partial charge is 0.0209 e. The lowest BCUT2D eigenvalue weighted by Crippen LogP contribution is -2.37. The van der Waals surface area contributed by atoms with Crippen LogP contribution in [-0.2, 0) is 6.42 Å². The van der Waals surface area contributed by atoms with Crippen LogP contribution in [0.1, 0.15) is 31.4 Å². The lowest BCUT2D eigenvalue weighted by molar-refractivity contribution is 0.328. The summed E-state index contributed by atoms with van der Waals surface area (Å²) in [6.07, 6.45) is 2.48. The van der Waals surface area contributed by atoms with E-state index in [1.807, 2.05) is 0 Å². The lowest BCUT2D eigenvalue weighted by Gasteiger charge is -2.18. The van der Waals surface area contributed by atoms with Gasteiger partial charge in [-0.3, -0.25) is 0 Å². The van der Waals surface area contributed by atoms with Crippen LogP contribution in [0.3, 0.4) is 0 Å². The monoisotopic (exact) mass is 246 g/mol. The number of likely N-dealkylation sites (tertiary alicyclic amines) is 1. The molecule has 1 aromatic rings. The first-order valence-corrected chi connectivity index (χ1v) is 7.18. The molecule has 1 aromatic carbocycles. The van der Waals surface area contributed by atoms with Crippen molar-refractivity contribution < 1.29 is 0 Å². The maximum absolute atomic E-state index is 3.64. The van der Waals surface area contributed by atoms with E-state index in [2.05, 4.69) is 55.3 Å². The number of rotatable bonds is 5. The van der Waals surface area contributed by atoms with Crippen molar-refractivity contribution in [3.8, 4) is 0 Å². The van der Waals surface area contributed by atoms with E-state index in [1.54, 1.807) is 0 Å². The van der Waals surface area contributed by atoms with Gasteiger partial charge in [0.2, 0.25) is 0 Å². The van der Waals surface area contributed by atoms with E-state index in [0.29, 0.717) is 12.1 Å². The largest absolute Gasteiger partial charge is 0.310 e. The van der Waals surface area contributed by atoms with Crippen LogP contribution < -0.4 is 5.32 Å². The Morgan fingerprint density at radius 3 is 2.83 bits per heavy atom. The summed E-state index contributed by atoms with van der Waals surface area (Å²) in [4.78, 5) is 2.59. The van der Waals surface area contributed by atoms with E-state index >= 15 is 0 Å². The van der Waals surface area contributed by atoms with Gasteiger partial charge in [-0.2, -0.15) is 0 Å². The average Bonchev–Trinajstić information content (AvgIpc) is 2.75. The van der Waals surface area contributed by atoms with Crippen molar-refractivity contribution in [1.29, 1.82) is 0 Å². The molecule has 2 nitrogen and oxygen atoms in total. The van der Waals surface area contributed by atoms with Crippen LogP contribution in [0.2, 0.25) is 0 Å². The third kappa shape index (κ3) is 3.82. The highest BCUT2D eigenvalue weighted by atomic mass is 15.2. The first-order chi connectivity index (χ1) is 8.65. The van der Waals surface area contributed by atoms with Crippen molar-refractivity contribution in [2.45, 2.75) is 45.7 Å². The van der Waals surface area contributed by atoms with Crippen LogP contribution in [0, 0.1) is 6.92 Å². The molecule has 100 valence electrons.